The molecule has 1 N–H and O–H groups in total. The lowest BCUT2D eigenvalue weighted by Gasteiger charge is -2.12. The molecule has 19 heavy (non-hydrogen) atoms. The zero-order valence-corrected chi connectivity index (χ0v) is 13.5. The molecule has 0 fully saturated rings. The largest absolute Gasteiger partial charge is 0.386 e. The Labute approximate surface area is 131 Å². The molecule has 0 saturated carbocycles. The molecule has 0 aliphatic carbocycles. The van der Waals surface area contributed by atoms with Crippen LogP contribution in [0.25, 0.3) is 0 Å². The third-order valence-corrected chi connectivity index (χ3v) is 3.94. The lowest BCUT2D eigenvalue weighted by atomic mass is 10.1. The van der Waals surface area contributed by atoms with E-state index in [1.165, 1.54) is 12.1 Å². The third-order valence-electron chi connectivity index (χ3n) is 2.56. The summed E-state index contributed by atoms with van der Waals surface area (Å²) in [5, 5.41) is 10.2. The maximum absolute atomic E-state index is 13.3. The molecule has 1 unspecified atom stereocenters. The summed E-state index contributed by atoms with van der Waals surface area (Å²) in [4.78, 5) is 4.15. The fourth-order valence-corrected chi connectivity index (χ4v) is 3.03. The summed E-state index contributed by atoms with van der Waals surface area (Å²) < 4.78 is 14.8. The van der Waals surface area contributed by atoms with Gasteiger partial charge in [0.05, 0.1) is 10.7 Å². The van der Waals surface area contributed by atoms with E-state index in [1.54, 1.807) is 18.3 Å². The number of aliphatic hydroxyl groups is 1. The number of pyridine rings is 1. The van der Waals surface area contributed by atoms with Crippen LogP contribution in [-0.4, -0.2) is 10.1 Å². The van der Waals surface area contributed by atoms with Gasteiger partial charge in [-0.05, 0) is 55.6 Å². The average Bonchev–Trinajstić information content (AvgIpc) is 2.33. The Morgan fingerprint density at radius 3 is 2.68 bits per heavy atom. The van der Waals surface area contributed by atoms with Crippen molar-refractivity contribution in [1.82, 2.24) is 4.98 Å². The van der Waals surface area contributed by atoms with Crippen LogP contribution in [0.3, 0.4) is 0 Å². The number of rotatable bonds is 3. The minimum Gasteiger partial charge on any atom is -0.386 e. The van der Waals surface area contributed by atoms with Gasteiger partial charge in [0.25, 0.3) is 0 Å². The summed E-state index contributed by atoms with van der Waals surface area (Å²) in [6.45, 7) is 0. The highest BCUT2D eigenvalue weighted by molar-refractivity contribution is 9.11. The van der Waals surface area contributed by atoms with E-state index in [4.69, 9.17) is 11.6 Å². The summed E-state index contributed by atoms with van der Waals surface area (Å²) in [6, 6.07) is 6.27. The van der Waals surface area contributed by atoms with Crippen LogP contribution in [-0.2, 0) is 6.42 Å². The molecule has 0 spiro atoms. The first-order valence-corrected chi connectivity index (χ1v) is 7.36. The van der Waals surface area contributed by atoms with Gasteiger partial charge in [-0.3, -0.25) is 4.98 Å². The first kappa shape index (κ1) is 14.9. The van der Waals surface area contributed by atoms with Gasteiger partial charge in [0.1, 0.15) is 11.9 Å². The first-order valence-electron chi connectivity index (χ1n) is 5.40. The Bertz CT molecular complexity index is 609. The predicted molar refractivity (Wildman–Crippen MR) is 79.7 cm³/mol. The third kappa shape index (κ3) is 3.75. The van der Waals surface area contributed by atoms with Crippen molar-refractivity contribution >= 4 is 43.5 Å². The van der Waals surface area contributed by atoms with Crippen LogP contribution in [0.15, 0.2) is 39.4 Å². The van der Waals surface area contributed by atoms with E-state index in [-0.39, 0.29) is 11.4 Å². The van der Waals surface area contributed by atoms with Gasteiger partial charge in [-0.1, -0.05) is 17.7 Å². The standard InChI is InChI=1S/C13H9Br2ClFNO/c14-8-5-9(15)13(18-6-8)12(19)4-7-1-2-10(16)11(17)3-7/h1-3,5-6,12,19H,4H2. The molecular weight excluding hydrogens is 400 g/mol. The Hall–Kier alpha value is -0.490. The molecule has 1 heterocycles. The molecule has 0 radical (unpaired) electrons. The molecule has 100 valence electrons. The summed E-state index contributed by atoms with van der Waals surface area (Å²) in [5.74, 6) is -0.491. The van der Waals surface area contributed by atoms with Crippen molar-refractivity contribution in [3.8, 4) is 0 Å². The van der Waals surface area contributed by atoms with Gasteiger partial charge in [-0.25, -0.2) is 4.39 Å². The molecule has 1 atom stereocenters. The highest BCUT2D eigenvalue weighted by Gasteiger charge is 2.15. The van der Waals surface area contributed by atoms with Crippen LogP contribution in [0.4, 0.5) is 4.39 Å². The average molecular weight is 409 g/mol. The molecule has 6 heteroatoms. The van der Waals surface area contributed by atoms with Gasteiger partial charge in [0.15, 0.2) is 0 Å². The van der Waals surface area contributed by atoms with Gasteiger partial charge in [-0.2, -0.15) is 0 Å². The SMILES string of the molecule is OC(Cc1ccc(Cl)c(F)c1)c1ncc(Br)cc1Br. The zero-order valence-electron chi connectivity index (χ0n) is 9.58. The van der Waals surface area contributed by atoms with E-state index in [1.807, 2.05) is 0 Å². The molecule has 2 nitrogen and oxygen atoms in total. The van der Waals surface area contributed by atoms with Gasteiger partial charge < -0.3 is 5.11 Å². The number of halogens is 4. The minimum absolute atomic E-state index is 0.0705. The fraction of sp³-hybridized carbons (Fsp3) is 0.154. The fourth-order valence-electron chi connectivity index (χ4n) is 1.66. The lowest BCUT2D eigenvalue weighted by molar-refractivity contribution is 0.172. The van der Waals surface area contributed by atoms with E-state index in [0.29, 0.717) is 15.7 Å². The Morgan fingerprint density at radius 1 is 1.32 bits per heavy atom. The second-order valence-electron chi connectivity index (χ2n) is 3.99. The van der Waals surface area contributed by atoms with Gasteiger partial charge in [0.2, 0.25) is 0 Å². The minimum atomic E-state index is -0.817. The van der Waals surface area contributed by atoms with Crippen LogP contribution in [0, 0.1) is 5.82 Å². The van der Waals surface area contributed by atoms with E-state index >= 15 is 0 Å². The van der Waals surface area contributed by atoms with Crippen molar-refractivity contribution in [2.75, 3.05) is 0 Å². The van der Waals surface area contributed by atoms with Crippen molar-refractivity contribution in [2.45, 2.75) is 12.5 Å². The van der Waals surface area contributed by atoms with E-state index in [9.17, 15) is 9.50 Å². The van der Waals surface area contributed by atoms with Gasteiger partial charge in [-0.15, -0.1) is 0 Å². The van der Waals surface area contributed by atoms with Crippen molar-refractivity contribution < 1.29 is 9.50 Å². The molecule has 2 aromatic rings. The van der Waals surface area contributed by atoms with Crippen LogP contribution in [0.2, 0.25) is 5.02 Å². The van der Waals surface area contributed by atoms with Crippen molar-refractivity contribution in [1.29, 1.82) is 0 Å². The second kappa shape index (κ2) is 6.31. The molecule has 0 aliphatic rings. The Morgan fingerprint density at radius 2 is 2.05 bits per heavy atom. The van der Waals surface area contributed by atoms with Crippen molar-refractivity contribution in [3.05, 3.63) is 61.5 Å². The van der Waals surface area contributed by atoms with Gasteiger partial charge in [0, 0.05) is 21.6 Å². The van der Waals surface area contributed by atoms with Crippen molar-refractivity contribution in [2.24, 2.45) is 0 Å². The summed E-state index contributed by atoms with van der Waals surface area (Å²) in [6.07, 6.45) is 1.05. The van der Waals surface area contributed by atoms with Crippen LogP contribution < -0.4 is 0 Å². The predicted octanol–water partition coefficient (Wildman–Crippen LogP) is 4.68. The molecule has 1 aromatic carbocycles. The highest BCUT2D eigenvalue weighted by Crippen LogP contribution is 2.27. The second-order valence-corrected chi connectivity index (χ2v) is 6.17. The quantitative estimate of drug-likeness (QED) is 0.799. The number of benzene rings is 1. The Balaban J connectivity index is 2.20. The van der Waals surface area contributed by atoms with Crippen LogP contribution in [0.5, 0.6) is 0 Å². The number of nitrogens with zero attached hydrogens (tertiary/aromatic N) is 1. The summed E-state index contributed by atoms with van der Waals surface area (Å²) in [5.41, 5.74) is 1.17. The topological polar surface area (TPSA) is 33.1 Å². The number of aliphatic hydroxyl groups excluding tert-OH is 1. The maximum atomic E-state index is 13.3. The van der Waals surface area contributed by atoms with E-state index in [0.717, 1.165) is 4.47 Å². The smallest absolute Gasteiger partial charge is 0.142 e. The molecule has 0 aliphatic heterocycles. The molecule has 0 amide bonds. The monoisotopic (exact) mass is 407 g/mol. The zero-order chi connectivity index (χ0) is 14.0. The molecule has 2 rings (SSSR count). The summed E-state index contributed by atoms with van der Waals surface area (Å²) in [7, 11) is 0. The first-order chi connectivity index (χ1) is 8.97. The van der Waals surface area contributed by atoms with Crippen molar-refractivity contribution in [3.63, 3.8) is 0 Å². The van der Waals surface area contributed by atoms with E-state index in [2.05, 4.69) is 36.8 Å². The highest BCUT2D eigenvalue weighted by atomic mass is 79.9. The number of hydrogen-bond acceptors (Lipinski definition) is 2. The Kier molecular flexibility index (Phi) is 4.95. The molecule has 0 bridgehead atoms. The van der Waals surface area contributed by atoms with Gasteiger partial charge >= 0.3 is 0 Å². The molecule has 1 aromatic heterocycles. The molecular formula is C13H9Br2ClFNO. The lowest BCUT2D eigenvalue weighted by Crippen LogP contribution is -2.05. The maximum Gasteiger partial charge on any atom is 0.142 e. The summed E-state index contributed by atoms with van der Waals surface area (Å²) >= 11 is 12.2. The number of hydrogen-bond donors (Lipinski definition) is 1. The van der Waals surface area contributed by atoms with Crippen LogP contribution in [0.1, 0.15) is 17.4 Å². The van der Waals surface area contributed by atoms with E-state index < -0.39 is 11.9 Å². The normalized spacial score (nSPS) is 12.5. The van der Waals surface area contributed by atoms with Crippen LogP contribution >= 0.6 is 43.5 Å². The number of aromatic nitrogens is 1. The molecule has 0 saturated heterocycles.